The summed E-state index contributed by atoms with van der Waals surface area (Å²) in [6.07, 6.45) is 0. The number of hydrogen-bond donors (Lipinski definition) is 0. The summed E-state index contributed by atoms with van der Waals surface area (Å²) < 4.78 is 16.1. The molecule has 22 rings (SSSR count). The molecule has 13 heteroatoms. The van der Waals surface area contributed by atoms with E-state index >= 15 is 0 Å². The van der Waals surface area contributed by atoms with E-state index in [1.165, 1.54) is 126 Å². The fraction of sp³-hybridized carbons (Fsp3) is 0.0811. The van der Waals surface area contributed by atoms with Gasteiger partial charge < -0.3 is 18.3 Å². The Morgan fingerprint density at radius 2 is 0.653 bits per heavy atom. The van der Waals surface area contributed by atoms with Gasteiger partial charge in [-0.05, 0) is 223 Å². The lowest BCUT2D eigenvalue weighted by Gasteiger charge is -2.45. The zero-order chi connectivity index (χ0) is 84.6. The molecule has 0 bridgehead atoms. The van der Waals surface area contributed by atoms with E-state index in [2.05, 4.69) is 441 Å². The van der Waals surface area contributed by atoms with Crippen molar-refractivity contribution in [3.63, 3.8) is 0 Å². The molecule has 0 saturated heterocycles. The van der Waals surface area contributed by atoms with E-state index in [4.69, 9.17) is 8.83 Å². The Morgan fingerprint density at radius 1 is 0.282 bits per heavy atom. The number of nitrogens with zero attached hydrogens (tertiary/aromatic N) is 2. The largest absolute Gasteiger partial charge is 0.456 e. The van der Waals surface area contributed by atoms with Gasteiger partial charge in [0.15, 0.2) is 0 Å². The predicted molar refractivity (Wildman–Crippen MR) is 555 cm³/mol. The van der Waals surface area contributed by atoms with Gasteiger partial charge >= 0.3 is 0 Å². The number of benzene rings is 17. The van der Waals surface area contributed by atoms with Gasteiger partial charge in [-0.2, -0.15) is 0 Å². The highest BCUT2D eigenvalue weighted by Gasteiger charge is 2.47. The number of fused-ring (bicyclic) bond motifs is 13. The van der Waals surface area contributed by atoms with E-state index < -0.39 is 5.92 Å². The standard InChI is InChI=1S/C111H89B9N2O2/c1-110(2,3)73-42-35-61(36-43-73)70-53-78(63-23-11-7-12-24-63)94(79(54-70)64-25-13-8-14-26-64)95-84-60-75(121-108-96(98(112)100(114)102(116)104(108)118)97-99(113)101(115)103(117)105(119)109(97)121)46-48-86(84)120-87-47-39-69(67-40-49-92-82(51-67)76-31-19-21-33-90(76)123-92)58-88(87)122(89-59-72(57-85(95)106(89)120)68-41-50-93-83(52-68)77-32-20-22-34-91(77)124-93)107-80(65-27-15-9-16-28-65)55-71(56-81(107)66-29-17-10-18-30-66)62-37-44-74(45-38-62)111(4,5)6/h7-60,95H,112-119H2,1-6H3. The van der Waals surface area contributed by atoms with Crippen molar-refractivity contribution in [2.75, 3.05) is 4.90 Å². The van der Waals surface area contributed by atoms with E-state index in [-0.39, 0.29) is 17.5 Å². The van der Waals surface area contributed by atoms with Gasteiger partial charge in [0.2, 0.25) is 6.71 Å². The molecule has 0 N–H and O–H groups in total. The van der Waals surface area contributed by atoms with Crippen LogP contribution >= 0.6 is 0 Å². The summed E-state index contributed by atoms with van der Waals surface area (Å²) in [5, 5.41) is 7.02. The van der Waals surface area contributed by atoms with Crippen LogP contribution in [0.3, 0.4) is 0 Å². The lowest BCUT2D eigenvalue weighted by atomic mass is 9.31. The molecule has 20 aromatic rings. The van der Waals surface area contributed by atoms with Crippen LogP contribution in [0.15, 0.2) is 336 Å². The Labute approximate surface area is 733 Å². The molecule has 5 heterocycles. The topological polar surface area (TPSA) is 34.5 Å². The van der Waals surface area contributed by atoms with Crippen LogP contribution in [-0.4, -0.2) is 74.1 Å². The smallest absolute Gasteiger partial charge is 0.247 e. The molecule has 0 radical (unpaired) electrons. The molecule has 582 valence electrons. The zero-order valence-corrected chi connectivity index (χ0v) is 73.0. The number of furan rings is 2. The Hall–Kier alpha value is -13.5. The van der Waals surface area contributed by atoms with E-state index in [9.17, 15) is 0 Å². The first-order chi connectivity index (χ1) is 60.1. The average Bonchev–Trinajstić information content (AvgIpc) is 1.22. The summed E-state index contributed by atoms with van der Waals surface area (Å²) in [5.41, 5.74) is 49.2. The third kappa shape index (κ3) is 12.2. The first-order valence-corrected chi connectivity index (χ1v) is 44.0. The average molecular weight is 1580 g/mol. The molecule has 2 aliphatic rings. The minimum atomic E-state index is -0.423. The number of anilines is 3. The maximum atomic E-state index is 6.79. The van der Waals surface area contributed by atoms with Gasteiger partial charge in [-0.15, -0.1) is 10.9 Å². The van der Waals surface area contributed by atoms with Crippen LogP contribution in [0.4, 0.5) is 17.1 Å². The molecule has 3 aromatic heterocycles. The third-order valence-corrected chi connectivity index (χ3v) is 28.3. The summed E-state index contributed by atoms with van der Waals surface area (Å²) in [4.78, 5) is 2.74. The van der Waals surface area contributed by atoms with Crippen molar-refractivity contribution < 1.29 is 8.83 Å². The molecule has 17 aromatic carbocycles. The highest BCUT2D eigenvalue weighted by Crippen LogP contribution is 2.55. The molecule has 124 heavy (non-hydrogen) atoms. The lowest BCUT2D eigenvalue weighted by molar-refractivity contribution is 0.590. The minimum Gasteiger partial charge on any atom is -0.456 e. The van der Waals surface area contributed by atoms with Crippen molar-refractivity contribution in [3.05, 3.63) is 355 Å². The predicted octanol–water partition coefficient (Wildman–Crippen LogP) is 14.4. The van der Waals surface area contributed by atoms with Crippen molar-refractivity contribution in [2.24, 2.45) is 0 Å². The van der Waals surface area contributed by atoms with Crippen LogP contribution in [0, 0.1) is 0 Å². The summed E-state index contributed by atoms with van der Waals surface area (Å²) >= 11 is 0. The van der Waals surface area contributed by atoms with Crippen LogP contribution in [0.5, 0.6) is 0 Å². The van der Waals surface area contributed by atoms with Gasteiger partial charge in [-0.25, -0.2) is 0 Å². The van der Waals surface area contributed by atoms with E-state index in [1.807, 2.05) is 0 Å². The van der Waals surface area contributed by atoms with E-state index in [0.29, 0.717) is 0 Å². The number of rotatable bonds is 11. The van der Waals surface area contributed by atoms with Gasteiger partial charge in [0.05, 0.1) is 5.69 Å². The van der Waals surface area contributed by atoms with E-state index in [1.54, 1.807) is 0 Å². The Bertz CT molecular complexity index is 7640. The van der Waals surface area contributed by atoms with Crippen molar-refractivity contribution in [1.29, 1.82) is 0 Å². The maximum Gasteiger partial charge on any atom is 0.247 e. The normalized spacial score (nSPS) is 13.2. The molecule has 1 atom stereocenters. The SMILES string of the molecule is Bc1c(B)c(B)c2c(c1B)c1c(B)c(B)c(B)c(B)c1n2-c1ccc2c(c1)C(c1c(-c3ccccc3)cc(-c3ccc(C(C)(C)C)cc3)cc1-c1ccccc1)c1cc(-c3ccc4oc5ccccc5c4c3)cc3c1B2c1ccc(-c2ccc4oc5ccccc5c4c2)cc1N3c1c(-c2ccccc2)cc(-c2ccc(C(C)(C)C)cc2)cc1-c1ccccc1. The van der Waals surface area contributed by atoms with Crippen molar-refractivity contribution >= 4 is 212 Å². The fourth-order valence-electron chi connectivity index (χ4n) is 21.1. The highest BCUT2D eigenvalue weighted by molar-refractivity contribution is 6.99. The van der Waals surface area contributed by atoms with Crippen LogP contribution in [0.2, 0.25) is 0 Å². The summed E-state index contributed by atoms with van der Waals surface area (Å²) in [7, 11) is 18.9. The van der Waals surface area contributed by atoms with Crippen LogP contribution < -0.4 is 65.0 Å². The highest BCUT2D eigenvalue weighted by atomic mass is 16.3. The number of aromatic nitrogens is 1. The Morgan fingerprint density at radius 3 is 1.12 bits per heavy atom. The summed E-state index contributed by atoms with van der Waals surface area (Å²) in [6.45, 7) is 13.5. The molecule has 0 saturated carbocycles. The molecule has 4 nitrogen and oxygen atoms in total. The van der Waals surface area contributed by atoms with Crippen molar-refractivity contribution in [1.82, 2.24) is 4.57 Å². The van der Waals surface area contributed by atoms with Gasteiger partial charge in [0.1, 0.15) is 85.1 Å². The molecule has 1 unspecified atom stereocenters. The first-order valence-electron chi connectivity index (χ1n) is 44.0. The van der Waals surface area contributed by atoms with Gasteiger partial charge in [-0.3, -0.25) is 0 Å². The monoisotopic (exact) mass is 1580 g/mol. The number of para-hydroxylation sites is 2. The molecular weight excluding hydrogens is 1490 g/mol. The second-order valence-corrected chi connectivity index (χ2v) is 37.2. The number of hydrogen-bond acceptors (Lipinski definition) is 3. The van der Waals surface area contributed by atoms with E-state index in [0.717, 1.165) is 139 Å². The van der Waals surface area contributed by atoms with Crippen molar-refractivity contribution in [2.45, 2.75) is 58.3 Å². The Balaban J connectivity index is 0.935. The fourth-order valence-corrected chi connectivity index (χ4v) is 21.1. The second-order valence-electron chi connectivity index (χ2n) is 37.2. The molecule has 0 fully saturated rings. The molecular formula is C111H89B9N2O2. The van der Waals surface area contributed by atoms with Crippen LogP contribution in [0.25, 0.3) is 160 Å². The van der Waals surface area contributed by atoms with Crippen molar-refractivity contribution in [3.8, 4) is 94.7 Å². The van der Waals surface area contributed by atoms with Gasteiger partial charge in [0.25, 0.3) is 0 Å². The third-order valence-electron chi connectivity index (χ3n) is 28.3. The quantitative estimate of drug-likeness (QED) is 0.121. The van der Waals surface area contributed by atoms with Crippen LogP contribution in [0.1, 0.15) is 75.3 Å². The summed E-state index contributed by atoms with van der Waals surface area (Å²) in [5.74, 6) is -0.423. The molecule has 2 aliphatic heterocycles. The Kier molecular flexibility index (Phi) is 18.0. The minimum absolute atomic E-state index is 0.0360. The van der Waals surface area contributed by atoms with Gasteiger partial charge in [-0.1, -0.05) is 322 Å². The first kappa shape index (κ1) is 76.6. The molecule has 0 amide bonds. The second kappa shape index (κ2) is 29.1. The maximum absolute atomic E-state index is 6.79. The summed E-state index contributed by atoms with van der Waals surface area (Å²) in [6, 6.07) is 125. The van der Waals surface area contributed by atoms with Gasteiger partial charge in [0, 0.05) is 66.7 Å². The zero-order valence-electron chi connectivity index (χ0n) is 73.0. The van der Waals surface area contributed by atoms with Crippen LogP contribution in [-0.2, 0) is 10.8 Å². The molecule has 0 spiro atoms. The molecule has 0 aliphatic carbocycles. The lowest BCUT2D eigenvalue weighted by Crippen LogP contribution is -2.62.